The molecular weight excluding hydrogens is 394 g/mol. The van der Waals surface area contributed by atoms with E-state index < -0.39 is 6.04 Å². The van der Waals surface area contributed by atoms with Crippen LogP contribution in [0, 0.1) is 18.8 Å². The van der Waals surface area contributed by atoms with Gasteiger partial charge in [-0.05, 0) is 49.7 Å². The van der Waals surface area contributed by atoms with Gasteiger partial charge in [-0.3, -0.25) is 14.4 Å². The van der Waals surface area contributed by atoms with Crippen LogP contribution in [-0.4, -0.2) is 62.0 Å². The third-order valence-electron chi connectivity index (χ3n) is 5.73. The first-order valence-electron chi connectivity index (χ1n) is 11.2. The average Bonchev–Trinajstić information content (AvgIpc) is 2.74. The van der Waals surface area contributed by atoms with Crippen molar-refractivity contribution in [1.82, 2.24) is 15.5 Å². The van der Waals surface area contributed by atoms with Crippen molar-refractivity contribution in [1.29, 1.82) is 0 Å². The maximum atomic E-state index is 13.0. The molecule has 2 N–H and O–H groups in total. The Bertz CT molecular complexity index is 742. The molecule has 1 aliphatic rings. The predicted octanol–water partition coefficient (Wildman–Crippen LogP) is 2.53. The molecule has 1 heterocycles. The molecule has 1 aliphatic heterocycles. The number of hydrogen-bond donors (Lipinski definition) is 2. The number of nitrogens with zero attached hydrogens (tertiary/aromatic N) is 1. The van der Waals surface area contributed by atoms with E-state index in [1.165, 1.54) is 0 Å². The van der Waals surface area contributed by atoms with Crippen LogP contribution in [0.2, 0.25) is 0 Å². The molecule has 0 bridgehead atoms. The van der Waals surface area contributed by atoms with E-state index in [0.717, 1.165) is 5.56 Å². The van der Waals surface area contributed by atoms with Gasteiger partial charge in [0, 0.05) is 45.3 Å². The molecule has 0 spiro atoms. The maximum Gasteiger partial charge on any atom is 0.252 e. The van der Waals surface area contributed by atoms with Crippen molar-refractivity contribution in [2.75, 3.05) is 33.4 Å². The summed E-state index contributed by atoms with van der Waals surface area (Å²) in [4.78, 5) is 40.2. The van der Waals surface area contributed by atoms with Gasteiger partial charge in [-0.15, -0.1) is 0 Å². The minimum atomic E-state index is -0.628. The third-order valence-corrected chi connectivity index (χ3v) is 5.73. The molecule has 172 valence electrons. The highest BCUT2D eigenvalue weighted by molar-refractivity contribution is 5.98. The second-order valence-corrected chi connectivity index (χ2v) is 8.72. The normalized spacial score (nSPS) is 15.6. The molecule has 1 fully saturated rings. The lowest BCUT2D eigenvalue weighted by atomic mass is 9.88. The zero-order valence-electron chi connectivity index (χ0n) is 19.3. The van der Waals surface area contributed by atoms with Crippen molar-refractivity contribution in [2.45, 2.75) is 52.5 Å². The second kappa shape index (κ2) is 12.4. The first-order chi connectivity index (χ1) is 14.8. The number of aryl methyl sites for hydroxylation is 1. The van der Waals surface area contributed by atoms with Gasteiger partial charge in [-0.1, -0.05) is 32.0 Å². The minimum Gasteiger partial charge on any atom is -0.385 e. The topological polar surface area (TPSA) is 87.7 Å². The van der Waals surface area contributed by atoms with E-state index in [-0.39, 0.29) is 23.6 Å². The van der Waals surface area contributed by atoms with Crippen molar-refractivity contribution >= 4 is 17.7 Å². The summed E-state index contributed by atoms with van der Waals surface area (Å²) in [7, 11) is 1.63. The Morgan fingerprint density at radius 3 is 2.45 bits per heavy atom. The predicted molar refractivity (Wildman–Crippen MR) is 121 cm³/mol. The molecule has 0 aromatic heterocycles. The van der Waals surface area contributed by atoms with E-state index in [1.54, 1.807) is 13.2 Å². The fraction of sp³-hybridized carbons (Fsp3) is 0.625. The van der Waals surface area contributed by atoms with Crippen LogP contribution in [0.1, 0.15) is 55.5 Å². The smallest absolute Gasteiger partial charge is 0.252 e. The molecule has 7 heteroatoms. The molecule has 7 nitrogen and oxygen atoms in total. The van der Waals surface area contributed by atoms with Gasteiger partial charge in [0.15, 0.2) is 0 Å². The Morgan fingerprint density at radius 1 is 1.16 bits per heavy atom. The van der Waals surface area contributed by atoms with Gasteiger partial charge in [-0.2, -0.15) is 0 Å². The van der Waals surface area contributed by atoms with E-state index in [0.29, 0.717) is 63.4 Å². The van der Waals surface area contributed by atoms with E-state index in [9.17, 15) is 14.4 Å². The van der Waals surface area contributed by atoms with Crippen LogP contribution in [0.4, 0.5) is 0 Å². The molecule has 1 aromatic carbocycles. The zero-order chi connectivity index (χ0) is 22.8. The summed E-state index contributed by atoms with van der Waals surface area (Å²) in [5.41, 5.74) is 1.44. The second-order valence-electron chi connectivity index (χ2n) is 8.72. The van der Waals surface area contributed by atoms with Crippen LogP contribution in [0.5, 0.6) is 0 Å². The Morgan fingerprint density at radius 2 is 1.84 bits per heavy atom. The monoisotopic (exact) mass is 431 g/mol. The largest absolute Gasteiger partial charge is 0.385 e. The highest BCUT2D eigenvalue weighted by Gasteiger charge is 2.34. The highest BCUT2D eigenvalue weighted by atomic mass is 16.5. The molecule has 1 atom stereocenters. The van der Waals surface area contributed by atoms with Crippen molar-refractivity contribution in [3.05, 3.63) is 35.4 Å². The van der Waals surface area contributed by atoms with E-state index in [4.69, 9.17) is 4.74 Å². The fourth-order valence-corrected chi connectivity index (χ4v) is 3.94. The lowest BCUT2D eigenvalue weighted by Gasteiger charge is -2.36. The first kappa shape index (κ1) is 24.9. The average molecular weight is 432 g/mol. The van der Waals surface area contributed by atoms with Crippen LogP contribution in [0.3, 0.4) is 0 Å². The molecule has 2 rings (SSSR count). The summed E-state index contributed by atoms with van der Waals surface area (Å²) in [5, 5.41) is 5.91. The molecule has 1 saturated heterocycles. The Labute approximate surface area is 185 Å². The van der Waals surface area contributed by atoms with Gasteiger partial charge in [-0.25, -0.2) is 0 Å². The number of carbonyl (C=O) groups excluding carboxylic acids is 3. The number of carbonyl (C=O) groups is 3. The van der Waals surface area contributed by atoms with E-state index in [2.05, 4.69) is 10.6 Å². The van der Waals surface area contributed by atoms with Crippen LogP contribution in [0.25, 0.3) is 0 Å². The van der Waals surface area contributed by atoms with Gasteiger partial charge in [0.25, 0.3) is 5.91 Å². The van der Waals surface area contributed by atoms with Crippen LogP contribution in [0.15, 0.2) is 24.3 Å². The molecule has 0 unspecified atom stereocenters. The molecule has 31 heavy (non-hydrogen) atoms. The van der Waals surface area contributed by atoms with Crippen molar-refractivity contribution in [3.8, 4) is 0 Å². The number of amides is 3. The maximum absolute atomic E-state index is 13.0. The number of benzene rings is 1. The van der Waals surface area contributed by atoms with E-state index in [1.807, 2.05) is 43.9 Å². The highest BCUT2D eigenvalue weighted by Crippen LogP contribution is 2.23. The van der Waals surface area contributed by atoms with Crippen molar-refractivity contribution in [2.24, 2.45) is 11.8 Å². The summed E-state index contributed by atoms with van der Waals surface area (Å²) in [6.45, 7) is 8.25. The van der Waals surface area contributed by atoms with Crippen molar-refractivity contribution < 1.29 is 19.1 Å². The third kappa shape index (κ3) is 7.65. The lowest BCUT2D eigenvalue weighted by molar-refractivity contribution is -0.133. The molecule has 1 aromatic rings. The van der Waals surface area contributed by atoms with Crippen LogP contribution in [-0.2, 0) is 14.3 Å². The SMILES string of the molecule is COCCCNC(=O)[C@@H](NC(=O)c1ccccc1C)C1CCN(C(=O)CC(C)C)CC1. The molecular formula is C24H37N3O4. The number of rotatable bonds is 10. The summed E-state index contributed by atoms with van der Waals surface area (Å²) in [5.74, 6) is 0.0548. The van der Waals surface area contributed by atoms with Crippen LogP contribution < -0.4 is 10.6 Å². The number of hydrogen-bond acceptors (Lipinski definition) is 4. The molecule has 0 radical (unpaired) electrons. The van der Waals surface area contributed by atoms with Crippen molar-refractivity contribution in [3.63, 3.8) is 0 Å². The zero-order valence-corrected chi connectivity index (χ0v) is 19.3. The summed E-state index contributed by atoms with van der Waals surface area (Å²) < 4.78 is 5.04. The van der Waals surface area contributed by atoms with Crippen LogP contribution >= 0.6 is 0 Å². The summed E-state index contributed by atoms with van der Waals surface area (Å²) >= 11 is 0. The molecule has 0 saturated carbocycles. The Kier molecular flexibility index (Phi) is 9.98. The molecule has 0 aliphatic carbocycles. The van der Waals surface area contributed by atoms with Gasteiger partial charge in [0.05, 0.1) is 0 Å². The quantitative estimate of drug-likeness (QED) is 0.557. The lowest BCUT2D eigenvalue weighted by Crippen LogP contribution is -2.54. The standard InChI is InChI=1S/C24H37N3O4/c1-17(2)16-21(28)27-13-10-19(11-14-27)22(24(30)25-12-7-15-31-4)26-23(29)20-9-6-5-8-18(20)3/h5-6,8-9,17,19,22H,7,10-16H2,1-4H3,(H,25,30)(H,26,29)/t22-/m0/s1. The number of ether oxygens (including phenoxy) is 1. The fourth-order valence-electron chi connectivity index (χ4n) is 3.94. The minimum absolute atomic E-state index is 0.0153. The van der Waals surface area contributed by atoms with Gasteiger partial charge in [0.2, 0.25) is 11.8 Å². The Hall–Kier alpha value is -2.41. The number of likely N-dealkylation sites (tertiary alicyclic amines) is 1. The number of methoxy groups -OCH3 is 1. The van der Waals surface area contributed by atoms with Gasteiger partial charge >= 0.3 is 0 Å². The van der Waals surface area contributed by atoms with Gasteiger partial charge in [0.1, 0.15) is 6.04 Å². The number of nitrogens with one attached hydrogen (secondary N) is 2. The Balaban J connectivity index is 2.05. The van der Waals surface area contributed by atoms with Gasteiger partial charge < -0.3 is 20.3 Å². The first-order valence-corrected chi connectivity index (χ1v) is 11.2. The summed E-state index contributed by atoms with van der Waals surface area (Å²) in [6.07, 6.45) is 2.63. The number of piperidine rings is 1. The molecule has 3 amide bonds. The van der Waals surface area contributed by atoms with E-state index >= 15 is 0 Å². The summed E-state index contributed by atoms with van der Waals surface area (Å²) in [6, 6.07) is 6.73.